The van der Waals surface area contributed by atoms with Crippen molar-refractivity contribution >= 4 is 62.6 Å². The number of fused-ring (bicyclic) bond motifs is 1. The van der Waals surface area contributed by atoms with Crippen LogP contribution in [0.5, 0.6) is 0 Å². The summed E-state index contributed by atoms with van der Waals surface area (Å²) in [7, 11) is 0. The number of benzene rings is 2. The normalized spacial score (nSPS) is 18.2. The summed E-state index contributed by atoms with van der Waals surface area (Å²) < 4.78 is 2.38. The molecule has 0 radical (unpaired) electrons. The molecule has 3 aromatic rings. The lowest BCUT2D eigenvalue weighted by Gasteiger charge is -2.26. The van der Waals surface area contributed by atoms with Gasteiger partial charge in [-0.05, 0) is 42.8 Å². The maximum absolute atomic E-state index is 13.6. The quantitative estimate of drug-likeness (QED) is 0.534. The standard InChI is InChI=1S/C20H14BrCl2N3O3/c1-20(9-11-2-4-12(21)5-3-11)18(29)25(15-7-13(22)6-14(23)8-15)19-24-10-16(17(27)28)26(19)20/h2-8,10H,9H2,1H3,(H,27,28)/t20-/m1/s1. The van der Waals surface area contributed by atoms with Crippen molar-refractivity contribution in [1.82, 2.24) is 9.55 Å². The number of nitrogens with zero attached hydrogens (tertiary/aromatic N) is 3. The van der Waals surface area contributed by atoms with E-state index in [4.69, 9.17) is 23.2 Å². The lowest BCUT2D eigenvalue weighted by Crippen LogP contribution is -2.42. The Hall–Kier alpha value is -2.35. The number of anilines is 2. The second-order valence-electron chi connectivity index (χ2n) is 6.93. The van der Waals surface area contributed by atoms with Crippen molar-refractivity contribution in [2.24, 2.45) is 0 Å². The second-order valence-corrected chi connectivity index (χ2v) is 8.72. The summed E-state index contributed by atoms with van der Waals surface area (Å²) >= 11 is 15.6. The van der Waals surface area contributed by atoms with E-state index in [1.807, 2.05) is 24.3 Å². The molecule has 0 bridgehead atoms. The Morgan fingerprint density at radius 1 is 1.17 bits per heavy atom. The highest BCUT2D eigenvalue weighted by Gasteiger charge is 2.51. The van der Waals surface area contributed by atoms with Crippen molar-refractivity contribution in [3.05, 3.63) is 74.4 Å². The van der Waals surface area contributed by atoms with Crippen molar-refractivity contribution in [1.29, 1.82) is 0 Å². The molecule has 6 nitrogen and oxygen atoms in total. The minimum Gasteiger partial charge on any atom is -0.477 e. The molecule has 0 saturated carbocycles. The van der Waals surface area contributed by atoms with E-state index in [1.54, 1.807) is 25.1 Å². The van der Waals surface area contributed by atoms with Crippen LogP contribution in [0.4, 0.5) is 11.6 Å². The van der Waals surface area contributed by atoms with Gasteiger partial charge in [-0.3, -0.25) is 9.36 Å². The molecule has 1 aromatic heterocycles. The number of carbonyl (C=O) groups is 2. The van der Waals surface area contributed by atoms with Crippen LogP contribution >= 0.6 is 39.1 Å². The van der Waals surface area contributed by atoms with Gasteiger partial charge >= 0.3 is 5.97 Å². The Bertz CT molecular complexity index is 1130. The third-order valence-corrected chi connectivity index (χ3v) is 5.85. The lowest BCUT2D eigenvalue weighted by molar-refractivity contribution is -0.123. The maximum atomic E-state index is 13.6. The van der Waals surface area contributed by atoms with Crippen LogP contribution < -0.4 is 4.90 Å². The number of carboxylic acid groups (broad SMARTS) is 1. The van der Waals surface area contributed by atoms with Crippen molar-refractivity contribution in [2.45, 2.75) is 18.9 Å². The summed E-state index contributed by atoms with van der Waals surface area (Å²) in [6.07, 6.45) is 1.54. The summed E-state index contributed by atoms with van der Waals surface area (Å²) in [5.74, 6) is -1.26. The summed E-state index contributed by atoms with van der Waals surface area (Å²) in [6, 6.07) is 12.3. The van der Waals surface area contributed by atoms with Gasteiger partial charge in [-0.25, -0.2) is 14.7 Å². The van der Waals surface area contributed by atoms with Crippen LogP contribution in [-0.2, 0) is 16.8 Å². The van der Waals surface area contributed by atoms with Gasteiger partial charge in [0.2, 0.25) is 5.95 Å². The number of imidazole rings is 1. The first kappa shape index (κ1) is 19.9. The predicted molar refractivity (Wildman–Crippen MR) is 114 cm³/mol. The van der Waals surface area contributed by atoms with Crippen LogP contribution in [0.2, 0.25) is 10.0 Å². The maximum Gasteiger partial charge on any atom is 0.354 e. The number of carboxylic acids is 1. The van der Waals surface area contributed by atoms with Crippen LogP contribution in [0, 0.1) is 0 Å². The third kappa shape index (κ3) is 3.33. The number of aromatic carboxylic acids is 1. The van der Waals surface area contributed by atoms with Crippen LogP contribution in [0.1, 0.15) is 23.0 Å². The van der Waals surface area contributed by atoms with E-state index in [0.29, 0.717) is 15.7 Å². The molecule has 1 amide bonds. The smallest absolute Gasteiger partial charge is 0.354 e. The highest BCUT2D eigenvalue weighted by atomic mass is 79.9. The molecule has 148 valence electrons. The lowest BCUT2D eigenvalue weighted by atomic mass is 9.91. The molecule has 9 heteroatoms. The van der Waals surface area contributed by atoms with Gasteiger partial charge in [0, 0.05) is 20.9 Å². The average Bonchev–Trinajstić information content (AvgIpc) is 3.16. The second kappa shape index (κ2) is 7.16. The van der Waals surface area contributed by atoms with Gasteiger partial charge in [0.05, 0.1) is 11.9 Å². The summed E-state index contributed by atoms with van der Waals surface area (Å²) in [5.41, 5.74) is 0.0488. The van der Waals surface area contributed by atoms with Crippen LogP contribution in [0.3, 0.4) is 0 Å². The molecule has 0 aliphatic carbocycles. The molecule has 0 unspecified atom stereocenters. The summed E-state index contributed by atoms with van der Waals surface area (Å²) in [6.45, 7) is 1.71. The molecule has 2 aromatic carbocycles. The molecule has 1 aliphatic rings. The summed E-state index contributed by atoms with van der Waals surface area (Å²) in [5, 5.41) is 10.4. The molecule has 1 atom stereocenters. The molecule has 1 N–H and O–H groups in total. The van der Waals surface area contributed by atoms with Crippen LogP contribution in [0.15, 0.2) is 53.1 Å². The molecule has 0 fully saturated rings. The Morgan fingerprint density at radius 2 is 1.79 bits per heavy atom. The predicted octanol–water partition coefficient (Wildman–Crippen LogP) is 5.29. The van der Waals surface area contributed by atoms with E-state index in [2.05, 4.69) is 20.9 Å². The highest BCUT2D eigenvalue weighted by molar-refractivity contribution is 9.10. The van der Waals surface area contributed by atoms with Crippen molar-refractivity contribution in [3.8, 4) is 0 Å². The minimum absolute atomic E-state index is 0.0661. The topological polar surface area (TPSA) is 75.4 Å². The molecular formula is C20H14BrCl2N3O3. The van der Waals surface area contributed by atoms with E-state index in [-0.39, 0.29) is 24.0 Å². The number of halogens is 3. The Kier molecular flexibility index (Phi) is 4.93. The zero-order chi connectivity index (χ0) is 20.9. The van der Waals surface area contributed by atoms with E-state index < -0.39 is 11.5 Å². The molecule has 29 heavy (non-hydrogen) atoms. The zero-order valence-electron chi connectivity index (χ0n) is 15.1. The highest BCUT2D eigenvalue weighted by Crippen LogP contribution is 2.43. The van der Waals surface area contributed by atoms with Gasteiger partial charge in [-0.15, -0.1) is 0 Å². The van der Waals surface area contributed by atoms with E-state index >= 15 is 0 Å². The number of aromatic nitrogens is 2. The molecule has 0 saturated heterocycles. The van der Waals surface area contributed by atoms with Gasteiger partial charge in [0.1, 0.15) is 11.2 Å². The third-order valence-electron chi connectivity index (χ3n) is 4.89. The molecule has 0 spiro atoms. The van der Waals surface area contributed by atoms with Crippen LogP contribution in [0.25, 0.3) is 0 Å². The van der Waals surface area contributed by atoms with E-state index in [1.165, 1.54) is 15.7 Å². The average molecular weight is 495 g/mol. The fraction of sp³-hybridized carbons (Fsp3) is 0.150. The van der Waals surface area contributed by atoms with Crippen molar-refractivity contribution in [3.63, 3.8) is 0 Å². The largest absolute Gasteiger partial charge is 0.477 e. The minimum atomic E-state index is -1.19. The number of amides is 1. The fourth-order valence-electron chi connectivity index (χ4n) is 3.62. The van der Waals surface area contributed by atoms with Crippen LogP contribution in [-0.4, -0.2) is 26.5 Å². The van der Waals surface area contributed by atoms with E-state index in [0.717, 1.165) is 10.0 Å². The SMILES string of the molecule is C[C@@]1(Cc2ccc(Br)cc2)C(=O)N(c2cc(Cl)cc(Cl)c2)c2ncc(C(=O)O)n21. The first-order chi connectivity index (χ1) is 13.7. The Balaban J connectivity index is 1.89. The van der Waals surface area contributed by atoms with Gasteiger partial charge < -0.3 is 5.11 Å². The number of hydrogen-bond donors (Lipinski definition) is 1. The van der Waals surface area contributed by atoms with Gasteiger partial charge in [-0.2, -0.15) is 0 Å². The molecular weight excluding hydrogens is 481 g/mol. The van der Waals surface area contributed by atoms with Gasteiger partial charge in [-0.1, -0.05) is 51.3 Å². The monoisotopic (exact) mass is 493 g/mol. The van der Waals surface area contributed by atoms with Gasteiger partial charge in [0.15, 0.2) is 0 Å². The Morgan fingerprint density at radius 3 is 2.38 bits per heavy atom. The first-order valence-electron chi connectivity index (χ1n) is 8.57. The molecule has 1 aliphatic heterocycles. The zero-order valence-corrected chi connectivity index (χ0v) is 18.2. The molecule has 4 rings (SSSR count). The van der Waals surface area contributed by atoms with Gasteiger partial charge in [0.25, 0.3) is 5.91 Å². The van der Waals surface area contributed by atoms with Crippen molar-refractivity contribution in [2.75, 3.05) is 4.90 Å². The van der Waals surface area contributed by atoms with Crippen molar-refractivity contribution < 1.29 is 14.7 Å². The summed E-state index contributed by atoms with van der Waals surface area (Å²) in [4.78, 5) is 31.0. The number of rotatable bonds is 4. The van der Waals surface area contributed by atoms with E-state index in [9.17, 15) is 14.7 Å². The number of carbonyl (C=O) groups excluding carboxylic acids is 1. The Labute approximate surface area is 184 Å². The first-order valence-corrected chi connectivity index (χ1v) is 10.1. The molecule has 2 heterocycles. The number of hydrogen-bond acceptors (Lipinski definition) is 3. The fourth-order valence-corrected chi connectivity index (χ4v) is 4.40.